The van der Waals surface area contributed by atoms with E-state index in [9.17, 15) is 13.2 Å². The highest BCUT2D eigenvalue weighted by molar-refractivity contribution is 7.90. The standard InChI is InChI=1S/C25H29FN6O4S/c1-15-13-25(3,4)32(14-15)22-18(23(33)31-37(34,35)21-7-5-6-20(27)29-21)12-19(26)24(30-22)36-16(2)17-8-10-28-11-9-17/h5-12,15-16H,13-14H2,1-4H3,(H2,27,29)(H,31,33)/t15-,16?/m0/s1. The van der Waals surface area contributed by atoms with Crippen molar-refractivity contribution in [3.63, 3.8) is 0 Å². The number of aromatic nitrogens is 3. The van der Waals surface area contributed by atoms with Gasteiger partial charge in [0.25, 0.3) is 21.8 Å². The van der Waals surface area contributed by atoms with Gasteiger partial charge in [0.05, 0.1) is 5.56 Å². The Balaban J connectivity index is 1.74. The van der Waals surface area contributed by atoms with Crippen LogP contribution in [0.3, 0.4) is 0 Å². The molecule has 0 bridgehead atoms. The molecule has 1 fully saturated rings. The summed E-state index contributed by atoms with van der Waals surface area (Å²) in [6.07, 6.45) is 3.43. The predicted octanol–water partition coefficient (Wildman–Crippen LogP) is 3.48. The first-order valence-electron chi connectivity index (χ1n) is 11.7. The summed E-state index contributed by atoms with van der Waals surface area (Å²) < 4.78 is 48.7. The summed E-state index contributed by atoms with van der Waals surface area (Å²) in [6.45, 7) is 8.30. The molecule has 2 atom stereocenters. The van der Waals surface area contributed by atoms with E-state index in [2.05, 4.69) is 21.9 Å². The zero-order valence-electron chi connectivity index (χ0n) is 21.0. The van der Waals surface area contributed by atoms with Gasteiger partial charge in [-0.3, -0.25) is 9.78 Å². The number of hydrogen-bond acceptors (Lipinski definition) is 9. The van der Waals surface area contributed by atoms with Crippen molar-refractivity contribution >= 4 is 27.6 Å². The van der Waals surface area contributed by atoms with Gasteiger partial charge in [-0.1, -0.05) is 13.0 Å². The summed E-state index contributed by atoms with van der Waals surface area (Å²) in [5, 5.41) is -0.433. The van der Waals surface area contributed by atoms with Gasteiger partial charge in [-0.05, 0) is 69.0 Å². The van der Waals surface area contributed by atoms with Gasteiger partial charge >= 0.3 is 0 Å². The molecule has 12 heteroatoms. The summed E-state index contributed by atoms with van der Waals surface area (Å²) in [5.74, 6) is -1.89. The summed E-state index contributed by atoms with van der Waals surface area (Å²) in [7, 11) is -4.38. The average molecular weight is 529 g/mol. The van der Waals surface area contributed by atoms with Crippen LogP contribution in [0.15, 0.2) is 53.8 Å². The molecule has 1 unspecified atom stereocenters. The SMILES string of the molecule is CC(Oc1nc(N2C[C@@H](C)CC2(C)C)c(C(=O)NS(=O)(=O)c2cccc(N)n2)cc1F)c1ccncc1. The topological polar surface area (TPSA) is 140 Å². The highest BCUT2D eigenvalue weighted by atomic mass is 32.2. The third-order valence-electron chi connectivity index (χ3n) is 6.21. The van der Waals surface area contributed by atoms with E-state index in [0.717, 1.165) is 18.1 Å². The molecule has 196 valence electrons. The average Bonchev–Trinajstić information content (AvgIpc) is 3.11. The van der Waals surface area contributed by atoms with Crippen molar-refractivity contribution < 1.29 is 22.3 Å². The summed E-state index contributed by atoms with van der Waals surface area (Å²) in [4.78, 5) is 27.3. The molecule has 1 aliphatic rings. The van der Waals surface area contributed by atoms with Gasteiger partial charge < -0.3 is 15.4 Å². The highest BCUT2D eigenvalue weighted by Crippen LogP contribution is 2.39. The Kier molecular flexibility index (Phi) is 7.05. The molecule has 10 nitrogen and oxygen atoms in total. The number of anilines is 2. The van der Waals surface area contributed by atoms with Crippen LogP contribution >= 0.6 is 0 Å². The van der Waals surface area contributed by atoms with Crippen LogP contribution in [0.2, 0.25) is 0 Å². The van der Waals surface area contributed by atoms with Gasteiger partial charge in [0.15, 0.2) is 10.8 Å². The molecule has 1 saturated heterocycles. The Hall–Kier alpha value is -3.80. The molecular weight excluding hydrogens is 499 g/mol. The Bertz CT molecular complexity index is 1420. The first-order chi connectivity index (χ1) is 17.4. The van der Waals surface area contributed by atoms with Crippen LogP contribution < -0.4 is 20.1 Å². The number of sulfonamides is 1. The molecule has 3 aromatic heterocycles. The Morgan fingerprint density at radius 3 is 2.57 bits per heavy atom. The van der Waals surface area contributed by atoms with Crippen LogP contribution in [-0.2, 0) is 10.0 Å². The number of nitrogens with zero attached hydrogens (tertiary/aromatic N) is 4. The molecule has 0 saturated carbocycles. The molecule has 0 spiro atoms. The monoisotopic (exact) mass is 528 g/mol. The predicted molar refractivity (Wildman–Crippen MR) is 136 cm³/mol. The van der Waals surface area contributed by atoms with E-state index in [4.69, 9.17) is 10.5 Å². The number of nitrogens with one attached hydrogen (secondary N) is 1. The Morgan fingerprint density at radius 2 is 1.95 bits per heavy atom. The van der Waals surface area contributed by atoms with Crippen molar-refractivity contribution in [1.29, 1.82) is 0 Å². The third kappa shape index (κ3) is 5.63. The normalized spacial score (nSPS) is 17.9. The minimum atomic E-state index is -4.38. The highest BCUT2D eigenvalue weighted by Gasteiger charge is 2.40. The van der Waals surface area contributed by atoms with Gasteiger partial charge in [-0.15, -0.1) is 0 Å². The molecule has 0 radical (unpaired) electrons. The third-order valence-corrected chi connectivity index (χ3v) is 7.44. The van der Waals surface area contributed by atoms with Gasteiger partial charge in [-0.2, -0.15) is 13.4 Å². The second kappa shape index (κ2) is 9.92. The number of amides is 1. The van der Waals surface area contributed by atoms with Crippen molar-refractivity contribution in [1.82, 2.24) is 19.7 Å². The van der Waals surface area contributed by atoms with E-state index < -0.39 is 38.4 Å². The summed E-state index contributed by atoms with van der Waals surface area (Å²) >= 11 is 0. The largest absolute Gasteiger partial charge is 0.468 e. The first kappa shape index (κ1) is 26.3. The van der Waals surface area contributed by atoms with Gasteiger partial charge in [-0.25, -0.2) is 14.1 Å². The quantitative estimate of drug-likeness (QED) is 0.471. The van der Waals surface area contributed by atoms with Crippen LogP contribution in [-0.4, -0.2) is 41.4 Å². The number of carbonyl (C=O) groups is 1. The van der Waals surface area contributed by atoms with E-state index >= 15 is 4.39 Å². The van der Waals surface area contributed by atoms with Gasteiger partial charge in [0, 0.05) is 24.5 Å². The lowest BCUT2D eigenvalue weighted by Gasteiger charge is -2.34. The number of carbonyl (C=O) groups excluding carboxylic acids is 1. The fourth-order valence-electron chi connectivity index (χ4n) is 4.56. The fraction of sp³-hybridized carbons (Fsp3) is 0.360. The smallest absolute Gasteiger partial charge is 0.281 e. The maximum absolute atomic E-state index is 15.3. The van der Waals surface area contributed by atoms with E-state index in [1.807, 2.05) is 23.5 Å². The lowest BCUT2D eigenvalue weighted by Crippen LogP contribution is -2.41. The molecule has 3 N–H and O–H groups in total. The second-order valence-corrected chi connectivity index (χ2v) is 11.4. The number of ether oxygens (including phenoxy) is 1. The fourth-order valence-corrected chi connectivity index (χ4v) is 5.50. The Morgan fingerprint density at radius 1 is 1.24 bits per heavy atom. The molecule has 3 aromatic rings. The number of nitrogen functional groups attached to an aromatic ring is 1. The number of rotatable bonds is 7. The van der Waals surface area contributed by atoms with Crippen LogP contribution in [0.1, 0.15) is 56.1 Å². The zero-order valence-corrected chi connectivity index (χ0v) is 21.8. The van der Waals surface area contributed by atoms with Gasteiger partial charge in [0.1, 0.15) is 17.7 Å². The van der Waals surface area contributed by atoms with Crippen LogP contribution in [0.5, 0.6) is 5.88 Å². The number of pyridine rings is 3. The van der Waals surface area contributed by atoms with E-state index in [-0.39, 0.29) is 29.0 Å². The van der Waals surface area contributed by atoms with Crippen LogP contribution in [0.25, 0.3) is 0 Å². The molecule has 4 heterocycles. The molecule has 4 rings (SSSR count). The van der Waals surface area contributed by atoms with Crippen molar-refractivity contribution in [3.8, 4) is 5.88 Å². The summed E-state index contributed by atoms with van der Waals surface area (Å²) in [6, 6.07) is 8.46. The zero-order chi connectivity index (χ0) is 27.0. The molecular formula is C25H29FN6O4S. The number of nitrogens with two attached hydrogens (primary N) is 1. The second-order valence-electron chi connectivity index (χ2n) is 9.75. The molecule has 1 amide bonds. The van der Waals surface area contributed by atoms with E-state index in [1.165, 1.54) is 18.2 Å². The van der Waals surface area contributed by atoms with Gasteiger partial charge in [0.2, 0.25) is 0 Å². The first-order valence-corrected chi connectivity index (χ1v) is 13.2. The maximum Gasteiger partial charge on any atom is 0.281 e. The van der Waals surface area contributed by atoms with Crippen LogP contribution in [0, 0.1) is 11.7 Å². The van der Waals surface area contributed by atoms with Crippen molar-refractivity contribution in [3.05, 3.63) is 65.7 Å². The molecule has 37 heavy (non-hydrogen) atoms. The van der Waals surface area contributed by atoms with Crippen molar-refractivity contribution in [2.75, 3.05) is 17.2 Å². The number of halogens is 1. The van der Waals surface area contributed by atoms with Crippen molar-refractivity contribution in [2.24, 2.45) is 5.92 Å². The minimum Gasteiger partial charge on any atom is -0.468 e. The Labute approximate surface area is 215 Å². The van der Waals surface area contributed by atoms with E-state index in [1.54, 1.807) is 31.5 Å². The molecule has 1 aliphatic heterocycles. The maximum atomic E-state index is 15.3. The molecule has 0 aliphatic carbocycles. The summed E-state index contributed by atoms with van der Waals surface area (Å²) in [5.41, 5.74) is 5.68. The minimum absolute atomic E-state index is 0.0265. The lowest BCUT2D eigenvalue weighted by atomic mass is 9.97. The lowest BCUT2D eigenvalue weighted by molar-refractivity contribution is 0.0980. The molecule has 0 aromatic carbocycles. The van der Waals surface area contributed by atoms with Crippen molar-refractivity contribution in [2.45, 2.75) is 50.8 Å². The van der Waals surface area contributed by atoms with E-state index in [0.29, 0.717) is 6.54 Å². The number of hydrogen-bond donors (Lipinski definition) is 2. The van der Waals surface area contributed by atoms with Crippen LogP contribution in [0.4, 0.5) is 16.0 Å².